The van der Waals surface area contributed by atoms with E-state index in [1.54, 1.807) is 18.3 Å². The van der Waals surface area contributed by atoms with Gasteiger partial charge in [-0.1, -0.05) is 0 Å². The summed E-state index contributed by atoms with van der Waals surface area (Å²) in [5, 5.41) is 0. The summed E-state index contributed by atoms with van der Waals surface area (Å²) in [5.74, 6) is 0.403. The number of benzene rings is 1. The standard InChI is InChI=1S/C10H9BrFN3/c11-8-3-6(1-2-9(8)12)10-14-5-7(4-13)15-10/h1-3,5H,4,13H2,(H,14,15). The minimum atomic E-state index is -0.288. The molecule has 15 heavy (non-hydrogen) atoms. The van der Waals surface area contributed by atoms with Gasteiger partial charge in [-0.25, -0.2) is 9.37 Å². The van der Waals surface area contributed by atoms with Crippen molar-refractivity contribution in [3.05, 3.63) is 40.4 Å². The Bertz CT molecular complexity index is 481. The van der Waals surface area contributed by atoms with Crippen molar-refractivity contribution in [2.75, 3.05) is 0 Å². The zero-order valence-electron chi connectivity index (χ0n) is 7.80. The first-order valence-corrected chi connectivity index (χ1v) is 5.19. The molecule has 0 aliphatic rings. The van der Waals surface area contributed by atoms with E-state index < -0.39 is 0 Å². The second-order valence-corrected chi connectivity index (χ2v) is 3.94. The van der Waals surface area contributed by atoms with Crippen molar-refractivity contribution in [3.63, 3.8) is 0 Å². The Labute approximate surface area is 94.7 Å². The molecule has 0 fully saturated rings. The molecule has 0 radical (unpaired) electrons. The molecule has 0 spiro atoms. The van der Waals surface area contributed by atoms with Crippen molar-refractivity contribution < 1.29 is 4.39 Å². The van der Waals surface area contributed by atoms with Crippen molar-refractivity contribution >= 4 is 15.9 Å². The third-order valence-corrected chi connectivity index (χ3v) is 2.65. The first-order valence-electron chi connectivity index (χ1n) is 4.40. The molecule has 5 heteroatoms. The summed E-state index contributed by atoms with van der Waals surface area (Å²) < 4.78 is 13.4. The number of rotatable bonds is 2. The highest BCUT2D eigenvalue weighted by Crippen LogP contribution is 2.22. The average Bonchev–Trinajstić information content (AvgIpc) is 2.70. The lowest BCUT2D eigenvalue weighted by Crippen LogP contribution is -1.95. The van der Waals surface area contributed by atoms with Crippen LogP contribution in [-0.2, 0) is 6.54 Å². The van der Waals surface area contributed by atoms with Crippen LogP contribution < -0.4 is 5.73 Å². The summed E-state index contributed by atoms with van der Waals surface area (Å²) in [6.07, 6.45) is 1.67. The predicted molar refractivity (Wildman–Crippen MR) is 59.6 cm³/mol. The largest absolute Gasteiger partial charge is 0.341 e. The molecule has 78 valence electrons. The molecule has 0 bridgehead atoms. The van der Waals surface area contributed by atoms with Gasteiger partial charge in [-0.05, 0) is 34.1 Å². The number of nitrogens with zero attached hydrogens (tertiary/aromatic N) is 1. The first kappa shape index (κ1) is 10.3. The number of nitrogens with two attached hydrogens (primary N) is 1. The lowest BCUT2D eigenvalue weighted by molar-refractivity contribution is 0.621. The van der Waals surface area contributed by atoms with Crippen LogP contribution in [0.3, 0.4) is 0 Å². The molecule has 0 aliphatic heterocycles. The van der Waals surface area contributed by atoms with Crippen molar-refractivity contribution in [1.82, 2.24) is 9.97 Å². The molecule has 1 aromatic heterocycles. The average molecular weight is 270 g/mol. The molecule has 2 rings (SSSR count). The quantitative estimate of drug-likeness (QED) is 0.880. The van der Waals surface area contributed by atoms with Crippen LogP contribution in [-0.4, -0.2) is 9.97 Å². The van der Waals surface area contributed by atoms with Crippen LogP contribution in [0.25, 0.3) is 11.4 Å². The predicted octanol–water partition coefficient (Wildman–Crippen LogP) is 2.44. The zero-order chi connectivity index (χ0) is 10.8. The van der Waals surface area contributed by atoms with Crippen molar-refractivity contribution in [1.29, 1.82) is 0 Å². The van der Waals surface area contributed by atoms with E-state index in [9.17, 15) is 4.39 Å². The lowest BCUT2D eigenvalue weighted by atomic mass is 10.2. The van der Waals surface area contributed by atoms with Crippen LogP contribution in [0.1, 0.15) is 5.69 Å². The highest BCUT2D eigenvalue weighted by atomic mass is 79.9. The molecular formula is C10H9BrFN3. The van der Waals surface area contributed by atoms with E-state index >= 15 is 0 Å². The van der Waals surface area contributed by atoms with E-state index in [1.165, 1.54) is 6.07 Å². The maximum atomic E-state index is 13.0. The Morgan fingerprint density at radius 3 is 2.87 bits per heavy atom. The Morgan fingerprint density at radius 1 is 1.47 bits per heavy atom. The van der Waals surface area contributed by atoms with Gasteiger partial charge in [-0.3, -0.25) is 0 Å². The number of H-pyrrole nitrogens is 1. The van der Waals surface area contributed by atoms with Gasteiger partial charge in [-0.15, -0.1) is 0 Å². The van der Waals surface area contributed by atoms with Gasteiger partial charge in [0.05, 0.1) is 4.47 Å². The Hall–Kier alpha value is -1.20. The Morgan fingerprint density at radius 2 is 2.27 bits per heavy atom. The second-order valence-electron chi connectivity index (χ2n) is 3.09. The molecule has 0 aliphatic carbocycles. The molecule has 2 aromatic rings. The monoisotopic (exact) mass is 269 g/mol. The molecule has 0 amide bonds. The number of aromatic amines is 1. The summed E-state index contributed by atoms with van der Waals surface area (Å²) >= 11 is 3.13. The highest BCUT2D eigenvalue weighted by Gasteiger charge is 2.05. The SMILES string of the molecule is NCc1cnc(-c2ccc(F)c(Br)c2)[nH]1. The maximum absolute atomic E-state index is 13.0. The smallest absolute Gasteiger partial charge is 0.137 e. The summed E-state index contributed by atoms with van der Waals surface area (Å²) in [7, 11) is 0. The summed E-state index contributed by atoms with van der Waals surface area (Å²) in [5.41, 5.74) is 7.13. The molecule has 1 aromatic carbocycles. The molecule has 3 nitrogen and oxygen atoms in total. The number of halogens is 2. The molecular weight excluding hydrogens is 261 g/mol. The third kappa shape index (κ3) is 2.08. The van der Waals surface area contributed by atoms with Crippen molar-refractivity contribution in [2.45, 2.75) is 6.54 Å². The van der Waals surface area contributed by atoms with Crippen LogP contribution in [0.4, 0.5) is 4.39 Å². The van der Waals surface area contributed by atoms with Gasteiger partial charge >= 0.3 is 0 Å². The fourth-order valence-electron chi connectivity index (χ4n) is 1.25. The van der Waals surface area contributed by atoms with Gasteiger partial charge < -0.3 is 10.7 Å². The molecule has 0 saturated heterocycles. The van der Waals surface area contributed by atoms with E-state index in [0.717, 1.165) is 11.3 Å². The summed E-state index contributed by atoms with van der Waals surface area (Å²) in [6, 6.07) is 4.73. The van der Waals surface area contributed by atoms with E-state index in [1.807, 2.05) is 0 Å². The van der Waals surface area contributed by atoms with Gasteiger partial charge in [0, 0.05) is 24.0 Å². The number of aromatic nitrogens is 2. The van der Waals surface area contributed by atoms with E-state index in [2.05, 4.69) is 25.9 Å². The van der Waals surface area contributed by atoms with Crippen LogP contribution in [0.5, 0.6) is 0 Å². The maximum Gasteiger partial charge on any atom is 0.137 e. The molecule has 0 atom stereocenters. The van der Waals surface area contributed by atoms with Crippen LogP contribution in [0.15, 0.2) is 28.9 Å². The van der Waals surface area contributed by atoms with Crippen molar-refractivity contribution in [2.24, 2.45) is 5.73 Å². The summed E-state index contributed by atoms with van der Waals surface area (Å²) in [6.45, 7) is 0.412. The minimum absolute atomic E-state index is 0.288. The van der Waals surface area contributed by atoms with Crippen molar-refractivity contribution in [3.8, 4) is 11.4 Å². The molecule has 0 unspecified atom stereocenters. The van der Waals surface area contributed by atoms with Crippen LogP contribution in [0, 0.1) is 5.82 Å². The topological polar surface area (TPSA) is 54.7 Å². The van der Waals surface area contributed by atoms with Gasteiger partial charge in [0.25, 0.3) is 0 Å². The third-order valence-electron chi connectivity index (χ3n) is 2.04. The van der Waals surface area contributed by atoms with Gasteiger partial charge in [-0.2, -0.15) is 0 Å². The minimum Gasteiger partial charge on any atom is -0.341 e. The molecule has 3 N–H and O–H groups in total. The second kappa shape index (κ2) is 4.12. The van der Waals surface area contributed by atoms with Gasteiger partial charge in [0.1, 0.15) is 11.6 Å². The molecule has 1 heterocycles. The van der Waals surface area contributed by atoms with E-state index in [4.69, 9.17) is 5.73 Å². The summed E-state index contributed by atoms with van der Waals surface area (Å²) in [4.78, 5) is 7.20. The number of hydrogen-bond donors (Lipinski definition) is 2. The highest BCUT2D eigenvalue weighted by molar-refractivity contribution is 9.10. The van der Waals surface area contributed by atoms with E-state index in [0.29, 0.717) is 16.8 Å². The first-order chi connectivity index (χ1) is 7.20. The normalized spacial score (nSPS) is 10.6. The van der Waals surface area contributed by atoms with Gasteiger partial charge in [0.15, 0.2) is 0 Å². The number of nitrogens with one attached hydrogen (secondary N) is 1. The lowest BCUT2D eigenvalue weighted by Gasteiger charge is -1.99. The number of imidazole rings is 1. The number of hydrogen-bond acceptors (Lipinski definition) is 2. The van der Waals surface area contributed by atoms with Crippen LogP contribution >= 0.6 is 15.9 Å². The fourth-order valence-corrected chi connectivity index (χ4v) is 1.63. The van der Waals surface area contributed by atoms with E-state index in [-0.39, 0.29) is 5.82 Å². The Kier molecular flexibility index (Phi) is 2.83. The van der Waals surface area contributed by atoms with Gasteiger partial charge in [0.2, 0.25) is 0 Å². The zero-order valence-corrected chi connectivity index (χ0v) is 9.38. The Balaban J connectivity index is 2.40. The molecule has 0 saturated carbocycles. The fraction of sp³-hybridized carbons (Fsp3) is 0.100. The van der Waals surface area contributed by atoms with Crippen LogP contribution in [0.2, 0.25) is 0 Å².